The highest BCUT2D eigenvalue weighted by Gasteiger charge is 2.14. The Balaban J connectivity index is 2.89. The summed E-state index contributed by atoms with van der Waals surface area (Å²) in [6.45, 7) is 8.69. The number of nitrogens with zero attached hydrogens (tertiary/aromatic N) is 1. The lowest BCUT2D eigenvalue weighted by atomic mass is 9.96. The lowest BCUT2D eigenvalue weighted by Crippen LogP contribution is -1.94. The van der Waals surface area contributed by atoms with Crippen LogP contribution in [0.25, 0.3) is 10.2 Å². The first kappa shape index (κ1) is 10.4. The number of rotatable bonds is 1. The molecule has 1 heterocycles. The Morgan fingerprint density at radius 1 is 1.27 bits per heavy atom. The summed E-state index contributed by atoms with van der Waals surface area (Å²) in [6.07, 6.45) is 0. The van der Waals surface area contributed by atoms with Crippen LogP contribution >= 0.6 is 11.3 Å². The average Bonchev–Trinajstić information content (AvgIpc) is 2.45. The molecule has 0 radical (unpaired) electrons. The van der Waals surface area contributed by atoms with Crippen molar-refractivity contribution in [2.45, 2.75) is 33.6 Å². The zero-order chi connectivity index (χ0) is 11.2. The second kappa shape index (κ2) is 3.49. The minimum Gasteiger partial charge on any atom is -0.375 e. The van der Waals surface area contributed by atoms with Crippen molar-refractivity contribution in [2.24, 2.45) is 0 Å². The molecule has 0 unspecified atom stereocenters. The summed E-state index contributed by atoms with van der Waals surface area (Å²) in [5.41, 5.74) is 10.8. The molecule has 0 fully saturated rings. The van der Waals surface area contributed by atoms with Gasteiger partial charge in [0, 0.05) is 0 Å². The zero-order valence-corrected chi connectivity index (χ0v) is 10.4. The van der Waals surface area contributed by atoms with Gasteiger partial charge in [-0.15, -0.1) is 0 Å². The van der Waals surface area contributed by atoms with Crippen LogP contribution in [0.5, 0.6) is 0 Å². The summed E-state index contributed by atoms with van der Waals surface area (Å²) in [5, 5.41) is 0.667. The third kappa shape index (κ3) is 1.61. The smallest absolute Gasteiger partial charge is 0.181 e. The predicted molar refractivity (Wildman–Crippen MR) is 67.6 cm³/mol. The fourth-order valence-electron chi connectivity index (χ4n) is 2.15. The molecule has 0 atom stereocenters. The van der Waals surface area contributed by atoms with Crippen molar-refractivity contribution in [1.82, 2.24) is 4.98 Å². The van der Waals surface area contributed by atoms with Gasteiger partial charge in [0.05, 0.1) is 10.2 Å². The molecule has 15 heavy (non-hydrogen) atoms. The fraction of sp³-hybridized carbons (Fsp3) is 0.417. The van der Waals surface area contributed by atoms with Crippen LogP contribution in [0.15, 0.2) is 6.07 Å². The van der Waals surface area contributed by atoms with Gasteiger partial charge >= 0.3 is 0 Å². The molecule has 2 N–H and O–H groups in total. The molecule has 2 rings (SSSR count). The third-order valence-corrected chi connectivity index (χ3v) is 3.61. The van der Waals surface area contributed by atoms with Gasteiger partial charge < -0.3 is 5.73 Å². The van der Waals surface area contributed by atoms with Crippen LogP contribution in [0.2, 0.25) is 0 Å². The first-order valence-electron chi connectivity index (χ1n) is 5.16. The number of hydrogen-bond acceptors (Lipinski definition) is 3. The van der Waals surface area contributed by atoms with E-state index in [0.717, 1.165) is 5.52 Å². The molecule has 0 saturated carbocycles. The summed E-state index contributed by atoms with van der Waals surface area (Å²) in [6, 6.07) is 2.21. The molecule has 2 aromatic rings. The highest BCUT2D eigenvalue weighted by atomic mass is 32.1. The van der Waals surface area contributed by atoms with Crippen LogP contribution in [0.1, 0.15) is 36.5 Å². The number of thiazole rings is 1. The van der Waals surface area contributed by atoms with Crippen LogP contribution in [0.3, 0.4) is 0 Å². The minimum absolute atomic E-state index is 0.521. The number of aromatic nitrogens is 1. The Labute approximate surface area is 94.1 Å². The largest absolute Gasteiger partial charge is 0.375 e. The first-order chi connectivity index (χ1) is 7.00. The molecule has 0 aliphatic heterocycles. The van der Waals surface area contributed by atoms with E-state index in [9.17, 15) is 0 Å². The predicted octanol–water partition coefficient (Wildman–Crippen LogP) is 3.62. The monoisotopic (exact) mass is 220 g/mol. The first-order valence-corrected chi connectivity index (χ1v) is 5.98. The zero-order valence-electron chi connectivity index (χ0n) is 9.59. The molecule has 0 saturated heterocycles. The SMILES string of the molecule is Cc1cc(C)c2nc(N)sc2c1C(C)C. The van der Waals surface area contributed by atoms with Crippen molar-refractivity contribution >= 4 is 26.7 Å². The molecule has 3 heteroatoms. The van der Waals surface area contributed by atoms with Gasteiger partial charge in [-0.25, -0.2) is 4.98 Å². The van der Waals surface area contributed by atoms with Crippen LogP contribution < -0.4 is 5.73 Å². The van der Waals surface area contributed by atoms with E-state index in [0.29, 0.717) is 11.0 Å². The van der Waals surface area contributed by atoms with Crippen molar-refractivity contribution in [3.8, 4) is 0 Å². The number of fused-ring (bicyclic) bond motifs is 1. The number of anilines is 1. The van der Waals surface area contributed by atoms with Gasteiger partial charge in [-0.1, -0.05) is 31.3 Å². The van der Waals surface area contributed by atoms with Crippen molar-refractivity contribution in [3.63, 3.8) is 0 Å². The van der Waals surface area contributed by atoms with E-state index in [1.807, 2.05) is 0 Å². The van der Waals surface area contributed by atoms with Gasteiger partial charge in [0.2, 0.25) is 0 Å². The van der Waals surface area contributed by atoms with E-state index in [-0.39, 0.29) is 0 Å². The van der Waals surface area contributed by atoms with Crippen LogP contribution in [0.4, 0.5) is 5.13 Å². The topological polar surface area (TPSA) is 38.9 Å². The molecule has 0 amide bonds. The second-order valence-electron chi connectivity index (χ2n) is 4.31. The van der Waals surface area contributed by atoms with Gasteiger partial charge in [0.25, 0.3) is 0 Å². The molecule has 0 spiro atoms. The van der Waals surface area contributed by atoms with E-state index >= 15 is 0 Å². The van der Waals surface area contributed by atoms with Crippen molar-refractivity contribution in [3.05, 3.63) is 22.8 Å². The van der Waals surface area contributed by atoms with Gasteiger partial charge in [-0.2, -0.15) is 0 Å². The summed E-state index contributed by atoms with van der Waals surface area (Å²) >= 11 is 1.60. The number of aryl methyl sites for hydroxylation is 2. The average molecular weight is 220 g/mol. The maximum atomic E-state index is 5.79. The Morgan fingerprint density at radius 2 is 1.93 bits per heavy atom. The Morgan fingerprint density at radius 3 is 2.53 bits per heavy atom. The molecule has 0 bridgehead atoms. The molecule has 1 aromatic carbocycles. The van der Waals surface area contributed by atoms with Crippen molar-refractivity contribution in [2.75, 3.05) is 5.73 Å². The molecule has 0 aliphatic rings. The number of hydrogen-bond donors (Lipinski definition) is 1. The fourth-order valence-corrected chi connectivity index (χ4v) is 3.31. The summed E-state index contributed by atoms with van der Waals surface area (Å²) < 4.78 is 1.26. The Bertz CT molecular complexity index is 512. The standard InChI is InChI=1S/C12H16N2S/c1-6(2)9-7(3)5-8(4)10-11(9)15-12(13)14-10/h5-6H,1-4H3,(H2,13,14). The quantitative estimate of drug-likeness (QED) is 0.797. The summed E-state index contributed by atoms with van der Waals surface area (Å²) in [5.74, 6) is 0.521. The Kier molecular flexibility index (Phi) is 2.43. The van der Waals surface area contributed by atoms with E-state index < -0.39 is 0 Å². The maximum absolute atomic E-state index is 5.79. The molecular weight excluding hydrogens is 204 g/mol. The lowest BCUT2D eigenvalue weighted by molar-refractivity contribution is 0.867. The molecule has 0 aliphatic carbocycles. The van der Waals surface area contributed by atoms with Crippen LogP contribution in [0, 0.1) is 13.8 Å². The van der Waals surface area contributed by atoms with Crippen LogP contribution in [-0.2, 0) is 0 Å². The summed E-state index contributed by atoms with van der Waals surface area (Å²) in [7, 11) is 0. The highest BCUT2D eigenvalue weighted by molar-refractivity contribution is 7.22. The van der Waals surface area contributed by atoms with Gasteiger partial charge in [-0.05, 0) is 36.5 Å². The van der Waals surface area contributed by atoms with Gasteiger partial charge in [0.15, 0.2) is 5.13 Å². The minimum atomic E-state index is 0.521. The van der Waals surface area contributed by atoms with Gasteiger partial charge in [-0.3, -0.25) is 0 Å². The van der Waals surface area contributed by atoms with Crippen molar-refractivity contribution in [1.29, 1.82) is 0 Å². The molecule has 80 valence electrons. The van der Waals surface area contributed by atoms with E-state index in [1.54, 1.807) is 11.3 Å². The van der Waals surface area contributed by atoms with Crippen molar-refractivity contribution < 1.29 is 0 Å². The normalized spacial score (nSPS) is 11.5. The Hall–Kier alpha value is -1.09. The third-order valence-electron chi connectivity index (χ3n) is 2.70. The number of nitrogen functional groups attached to an aromatic ring is 1. The maximum Gasteiger partial charge on any atom is 0.181 e. The van der Waals surface area contributed by atoms with E-state index in [1.165, 1.54) is 21.4 Å². The summed E-state index contributed by atoms with van der Waals surface area (Å²) in [4.78, 5) is 4.39. The molecular formula is C12H16N2S. The highest BCUT2D eigenvalue weighted by Crippen LogP contribution is 2.35. The second-order valence-corrected chi connectivity index (χ2v) is 5.34. The molecule has 1 aromatic heterocycles. The van der Waals surface area contributed by atoms with E-state index in [2.05, 4.69) is 38.7 Å². The number of benzene rings is 1. The van der Waals surface area contributed by atoms with Crippen LogP contribution in [-0.4, -0.2) is 4.98 Å². The number of nitrogens with two attached hydrogens (primary N) is 1. The lowest BCUT2D eigenvalue weighted by Gasteiger charge is -2.11. The van der Waals surface area contributed by atoms with E-state index in [4.69, 9.17) is 5.73 Å². The van der Waals surface area contributed by atoms with Gasteiger partial charge in [0.1, 0.15) is 0 Å². The molecule has 2 nitrogen and oxygen atoms in total.